The number of thiazole rings is 1. The highest BCUT2D eigenvalue weighted by Gasteiger charge is 2.23. The van der Waals surface area contributed by atoms with Crippen molar-refractivity contribution in [1.82, 2.24) is 9.99 Å². The van der Waals surface area contributed by atoms with Crippen LogP contribution in [0.3, 0.4) is 0 Å². The molecular weight excluding hydrogens is 332 g/mol. The van der Waals surface area contributed by atoms with Crippen molar-refractivity contribution >= 4 is 44.2 Å². The first kappa shape index (κ1) is 16.2. The second-order valence-electron chi connectivity index (χ2n) is 5.11. The topological polar surface area (TPSA) is 93.1 Å². The fourth-order valence-corrected chi connectivity index (χ4v) is 3.18. The highest BCUT2D eigenvalue weighted by molar-refractivity contribution is 7.22. The summed E-state index contributed by atoms with van der Waals surface area (Å²) in [5, 5.41) is 8.36. The van der Waals surface area contributed by atoms with Gasteiger partial charge in [-0.2, -0.15) is 5.10 Å². The summed E-state index contributed by atoms with van der Waals surface area (Å²) in [5.74, 6) is 0.714. The summed E-state index contributed by atoms with van der Waals surface area (Å²) in [4.78, 5) is 28.1. The van der Waals surface area contributed by atoms with E-state index in [-0.39, 0.29) is 18.2 Å². The Balaban J connectivity index is 1.84. The Kier molecular flexibility index (Phi) is 4.34. The Morgan fingerprint density at radius 3 is 2.62 bits per heavy atom. The second-order valence-corrected chi connectivity index (χ2v) is 6.14. The van der Waals surface area contributed by atoms with Gasteiger partial charge in [0, 0.05) is 32.0 Å². The van der Waals surface area contributed by atoms with E-state index in [0.29, 0.717) is 34.3 Å². The largest absolute Gasteiger partial charge is 0.493 e. The van der Waals surface area contributed by atoms with Crippen LogP contribution in [0, 0.1) is 0 Å². The Bertz CT molecular complexity index is 804. The summed E-state index contributed by atoms with van der Waals surface area (Å²) in [6.45, 7) is 0. The maximum atomic E-state index is 12.3. The van der Waals surface area contributed by atoms with Crippen molar-refractivity contribution in [3.63, 3.8) is 0 Å². The molecule has 0 saturated heterocycles. The highest BCUT2D eigenvalue weighted by Crippen LogP contribution is 2.36. The number of hydrogen-bond acceptors (Lipinski definition) is 7. The number of aromatic nitrogens is 1. The Morgan fingerprint density at radius 1 is 1.25 bits per heavy atom. The van der Waals surface area contributed by atoms with Gasteiger partial charge >= 0.3 is 0 Å². The molecule has 1 aliphatic rings. The number of benzene rings is 1. The average Bonchev–Trinajstić information content (AvgIpc) is 2.96. The molecule has 0 unspecified atom stereocenters. The minimum Gasteiger partial charge on any atom is -0.493 e. The summed E-state index contributed by atoms with van der Waals surface area (Å²) in [6.07, 6.45) is 0.596. The standard InChI is InChI=1S/C15H16N4O4S/c1-19-13(20)5-4-8(18-19)14(21)17-15-16-9-6-10(22-2)11(23-3)7-12(9)24-15/h6-7H,4-5H2,1-3H3,(H,16,17,21). The Hall–Kier alpha value is -2.68. The third-order valence-corrected chi connectivity index (χ3v) is 4.52. The van der Waals surface area contributed by atoms with Gasteiger partial charge in [-0.3, -0.25) is 14.9 Å². The minimum atomic E-state index is -0.354. The summed E-state index contributed by atoms with van der Waals surface area (Å²) in [6, 6.07) is 3.57. The zero-order chi connectivity index (χ0) is 17.3. The molecule has 0 bridgehead atoms. The van der Waals surface area contributed by atoms with Crippen LogP contribution in [-0.4, -0.2) is 48.8 Å². The van der Waals surface area contributed by atoms with Crippen LogP contribution in [-0.2, 0) is 9.59 Å². The molecule has 1 aliphatic heterocycles. The van der Waals surface area contributed by atoms with E-state index < -0.39 is 0 Å². The van der Waals surface area contributed by atoms with Gasteiger partial charge in [0.1, 0.15) is 5.71 Å². The number of amides is 2. The summed E-state index contributed by atoms with van der Waals surface area (Å²) in [5.41, 5.74) is 1.01. The van der Waals surface area contributed by atoms with Gasteiger partial charge in [-0.05, 0) is 0 Å². The molecule has 126 valence electrons. The fourth-order valence-electron chi connectivity index (χ4n) is 2.31. The third kappa shape index (κ3) is 3.02. The van der Waals surface area contributed by atoms with Crippen LogP contribution in [0.2, 0.25) is 0 Å². The number of fused-ring (bicyclic) bond motifs is 1. The highest BCUT2D eigenvalue weighted by atomic mass is 32.1. The number of nitrogens with zero attached hydrogens (tertiary/aromatic N) is 3. The van der Waals surface area contributed by atoms with Crippen molar-refractivity contribution in [2.75, 3.05) is 26.6 Å². The first-order valence-corrected chi connectivity index (χ1v) is 8.01. The van der Waals surface area contributed by atoms with Crippen LogP contribution in [0.5, 0.6) is 11.5 Å². The Labute approximate surface area is 142 Å². The predicted octanol–water partition coefficient (Wildman–Crippen LogP) is 1.86. The van der Waals surface area contributed by atoms with Crippen molar-refractivity contribution < 1.29 is 19.1 Å². The monoisotopic (exact) mass is 348 g/mol. The third-order valence-electron chi connectivity index (χ3n) is 3.58. The van der Waals surface area contributed by atoms with E-state index in [1.54, 1.807) is 20.3 Å². The normalized spacial score (nSPS) is 14.5. The molecular formula is C15H16N4O4S. The summed E-state index contributed by atoms with van der Waals surface area (Å²) < 4.78 is 11.4. The van der Waals surface area contributed by atoms with Gasteiger partial charge in [0.2, 0.25) is 5.91 Å². The maximum Gasteiger partial charge on any atom is 0.273 e. The summed E-state index contributed by atoms with van der Waals surface area (Å²) in [7, 11) is 4.65. The zero-order valence-corrected chi connectivity index (χ0v) is 14.3. The van der Waals surface area contributed by atoms with Crippen molar-refractivity contribution in [3.8, 4) is 11.5 Å². The van der Waals surface area contributed by atoms with E-state index in [0.717, 1.165) is 4.70 Å². The van der Waals surface area contributed by atoms with E-state index in [4.69, 9.17) is 9.47 Å². The van der Waals surface area contributed by atoms with E-state index in [2.05, 4.69) is 15.4 Å². The van der Waals surface area contributed by atoms with Crippen molar-refractivity contribution in [2.45, 2.75) is 12.8 Å². The molecule has 0 aliphatic carbocycles. The fraction of sp³-hybridized carbons (Fsp3) is 0.333. The second kappa shape index (κ2) is 6.44. The smallest absolute Gasteiger partial charge is 0.273 e. The lowest BCUT2D eigenvalue weighted by atomic mass is 10.1. The zero-order valence-electron chi connectivity index (χ0n) is 13.5. The molecule has 1 aromatic heterocycles. The minimum absolute atomic E-state index is 0.106. The van der Waals surface area contributed by atoms with Crippen molar-refractivity contribution in [3.05, 3.63) is 12.1 Å². The quantitative estimate of drug-likeness (QED) is 0.910. The van der Waals surface area contributed by atoms with Gasteiger partial charge in [0.15, 0.2) is 16.6 Å². The molecule has 1 aromatic carbocycles. The number of ether oxygens (including phenoxy) is 2. The van der Waals surface area contributed by atoms with Gasteiger partial charge in [-0.25, -0.2) is 9.99 Å². The maximum absolute atomic E-state index is 12.3. The molecule has 9 heteroatoms. The van der Waals surface area contributed by atoms with Crippen molar-refractivity contribution in [1.29, 1.82) is 0 Å². The van der Waals surface area contributed by atoms with E-state index >= 15 is 0 Å². The number of methoxy groups -OCH3 is 2. The van der Waals surface area contributed by atoms with E-state index in [1.165, 1.54) is 23.4 Å². The molecule has 0 saturated carbocycles. The van der Waals surface area contributed by atoms with E-state index in [9.17, 15) is 9.59 Å². The first-order valence-electron chi connectivity index (χ1n) is 7.19. The molecule has 3 rings (SSSR count). The summed E-state index contributed by atoms with van der Waals surface area (Å²) >= 11 is 1.33. The van der Waals surface area contributed by atoms with Crippen LogP contribution >= 0.6 is 11.3 Å². The lowest BCUT2D eigenvalue weighted by Gasteiger charge is -2.18. The number of nitrogens with one attached hydrogen (secondary N) is 1. The number of hydrazone groups is 1. The van der Waals surface area contributed by atoms with Gasteiger partial charge < -0.3 is 9.47 Å². The van der Waals surface area contributed by atoms with Crippen molar-refractivity contribution in [2.24, 2.45) is 5.10 Å². The van der Waals surface area contributed by atoms with Crippen LogP contribution in [0.1, 0.15) is 12.8 Å². The molecule has 2 aromatic rings. The average molecular weight is 348 g/mol. The molecule has 24 heavy (non-hydrogen) atoms. The number of rotatable bonds is 4. The first-order chi connectivity index (χ1) is 11.5. The molecule has 2 heterocycles. The molecule has 1 N–H and O–H groups in total. The van der Waals surface area contributed by atoms with Gasteiger partial charge in [-0.15, -0.1) is 0 Å². The lowest BCUT2D eigenvalue weighted by molar-refractivity contribution is -0.130. The molecule has 8 nitrogen and oxygen atoms in total. The van der Waals surface area contributed by atoms with E-state index in [1.807, 2.05) is 6.07 Å². The molecule has 0 fully saturated rings. The molecule has 0 spiro atoms. The predicted molar refractivity (Wildman–Crippen MR) is 90.8 cm³/mol. The molecule has 2 amide bonds. The lowest BCUT2D eigenvalue weighted by Crippen LogP contribution is -2.34. The van der Waals surface area contributed by atoms with Gasteiger partial charge in [-0.1, -0.05) is 11.3 Å². The SMILES string of the molecule is COc1cc2nc(NC(=O)C3=NN(C)C(=O)CC3)sc2cc1OC. The number of carbonyl (C=O) groups is 2. The number of carbonyl (C=O) groups excluding carboxylic acids is 2. The van der Waals surface area contributed by atoms with Gasteiger partial charge in [0.25, 0.3) is 5.91 Å². The number of hydrogen-bond donors (Lipinski definition) is 1. The van der Waals surface area contributed by atoms with Crippen LogP contribution in [0.15, 0.2) is 17.2 Å². The Morgan fingerprint density at radius 2 is 1.96 bits per heavy atom. The molecule has 0 radical (unpaired) electrons. The van der Waals surface area contributed by atoms with Crippen LogP contribution in [0.4, 0.5) is 5.13 Å². The number of anilines is 1. The molecule has 0 atom stereocenters. The van der Waals surface area contributed by atoms with Crippen LogP contribution < -0.4 is 14.8 Å². The van der Waals surface area contributed by atoms with Gasteiger partial charge in [0.05, 0.1) is 24.4 Å². The van der Waals surface area contributed by atoms with Crippen LogP contribution in [0.25, 0.3) is 10.2 Å².